The zero-order valence-corrected chi connectivity index (χ0v) is 11.4. The molecule has 3 saturated heterocycles. The van der Waals surface area contributed by atoms with E-state index >= 15 is 0 Å². The van der Waals surface area contributed by atoms with Crippen molar-refractivity contribution < 1.29 is 0 Å². The van der Waals surface area contributed by atoms with E-state index in [2.05, 4.69) is 29.1 Å². The minimum absolute atomic E-state index is 0.768. The molecule has 0 amide bonds. The minimum Gasteiger partial charge on any atom is -0.312 e. The molecule has 3 aliphatic heterocycles. The molecule has 4 atom stereocenters. The Hall–Kier alpha value is -0.120. The van der Waals surface area contributed by atoms with Crippen LogP contribution in [0.15, 0.2) is 0 Å². The number of nitrogens with zero attached hydrogens (tertiary/aromatic N) is 2. The van der Waals surface area contributed by atoms with E-state index in [0.717, 1.165) is 24.0 Å². The number of hydrogen-bond acceptors (Lipinski definition) is 3. The van der Waals surface area contributed by atoms with Crippen LogP contribution in [-0.2, 0) is 0 Å². The summed E-state index contributed by atoms with van der Waals surface area (Å²) in [5, 5.41) is 3.72. The molecular weight excluding hydrogens is 210 g/mol. The highest BCUT2D eigenvalue weighted by Gasteiger charge is 2.38. The lowest BCUT2D eigenvalue weighted by molar-refractivity contribution is 0.101. The zero-order valence-electron chi connectivity index (χ0n) is 11.4. The molecule has 98 valence electrons. The molecule has 3 nitrogen and oxygen atoms in total. The standard InChI is InChI=1S/C14H27N3/c1-11-8-13(5-7-16(11)2)17-9-12-4-3-6-15-14(12)10-17/h11-15H,3-10H2,1-2H3. The lowest BCUT2D eigenvalue weighted by atomic mass is 9.94. The third kappa shape index (κ3) is 2.38. The van der Waals surface area contributed by atoms with Crippen LogP contribution < -0.4 is 5.32 Å². The molecule has 3 fully saturated rings. The monoisotopic (exact) mass is 237 g/mol. The van der Waals surface area contributed by atoms with Crippen LogP contribution in [0.3, 0.4) is 0 Å². The van der Waals surface area contributed by atoms with E-state index in [-0.39, 0.29) is 0 Å². The van der Waals surface area contributed by atoms with Crippen molar-refractivity contribution in [3.63, 3.8) is 0 Å². The summed E-state index contributed by atoms with van der Waals surface area (Å²) in [6.07, 6.45) is 5.59. The van der Waals surface area contributed by atoms with Crippen LogP contribution in [0.5, 0.6) is 0 Å². The van der Waals surface area contributed by atoms with Crippen LogP contribution in [0.25, 0.3) is 0 Å². The lowest BCUT2D eigenvalue weighted by Gasteiger charge is -2.39. The van der Waals surface area contributed by atoms with Crippen LogP contribution in [0, 0.1) is 5.92 Å². The molecule has 0 bridgehead atoms. The van der Waals surface area contributed by atoms with E-state index in [0.29, 0.717) is 0 Å². The Balaban J connectivity index is 1.59. The Kier molecular flexibility index (Phi) is 3.42. The summed E-state index contributed by atoms with van der Waals surface area (Å²) in [5.41, 5.74) is 0. The maximum absolute atomic E-state index is 3.72. The number of piperidine rings is 2. The maximum atomic E-state index is 3.72. The van der Waals surface area contributed by atoms with Gasteiger partial charge in [0.05, 0.1) is 0 Å². The highest BCUT2D eigenvalue weighted by Crippen LogP contribution is 2.30. The van der Waals surface area contributed by atoms with Gasteiger partial charge in [0.1, 0.15) is 0 Å². The Bertz CT molecular complexity index is 254. The molecule has 0 aromatic heterocycles. The summed E-state index contributed by atoms with van der Waals surface area (Å²) in [6, 6.07) is 2.43. The van der Waals surface area contributed by atoms with Gasteiger partial charge in [-0.3, -0.25) is 4.90 Å². The predicted octanol–water partition coefficient (Wildman–Crippen LogP) is 1.15. The van der Waals surface area contributed by atoms with E-state index in [1.165, 1.54) is 51.9 Å². The second-order valence-electron chi connectivity index (χ2n) is 6.42. The summed E-state index contributed by atoms with van der Waals surface area (Å²) in [7, 11) is 2.27. The zero-order chi connectivity index (χ0) is 11.8. The van der Waals surface area contributed by atoms with Gasteiger partial charge in [0, 0.05) is 31.2 Å². The van der Waals surface area contributed by atoms with Gasteiger partial charge < -0.3 is 10.2 Å². The number of hydrogen-bond donors (Lipinski definition) is 1. The van der Waals surface area contributed by atoms with Crippen molar-refractivity contribution in [3.8, 4) is 0 Å². The molecule has 1 N–H and O–H groups in total. The molecule has 0 radical (unpaired) electrons. The molecule has 0 aromatic carbocycles. The smallest absolute Gasteiger partial charge is 0.0235 e. The van der Waals surface area contributed by atoms with Gasteiger partial charge in [0.15, 0.2) is 0 Å². The van der Waals surface area contributed by atoms with Crippen molar-refractivity contribution in [2.24, 2.45) is 5.92 Å². The normalized spacial score (nSPS) is 44.8. The molecule has 3 aliphatic rings. The first-order chi connectivity index (χ1) is 8.24. The van der Waals surface area contributed by atoms with Crippen molar-refractivity contribution >= 4 is 0 Å². The second kappa shape index (κ2) is 4.87. The number of nitrogens with one attached hydrogen (secondary N) is 1. The highest BCUT2D eigenvalue weighted by molar-refractivity contribution is 4.95. The third-order valence-corrected chi connectivity index (χ3v) is 5.32. The fraction of sp³-hybridized carbons (Fsp3) is 1.00. The fourth-order valence-electron chi connectivity index (χ4n) is 3.97. The minimum atomic E-state index is 0.768. The molecule has 4 unspecified atom stereocenters. The molecule has 3 heterocycles. The molecule has 3 rings (SSSR count). The van der Waals surface area contributed by atoms with E-state index in [9.17, 15) is 0 Å². The Morgan fingerprint density at radius 3 is 2.82 bits per heavy atom. The Morgan fingerprint density at radius 2 is 2.06 bits per heavy atom. The number of rotatable bonds is 1. The number of likely N-dealkylation sites (tertiary alicyclic amines) is 2. The van der Waals surface area contributed by atoms with E-state index < -0.39 is 0 Å². The SMILES string of the molecule is CC1CC(N2CC3CCCNC3C2)CCN1C. The van der Waals surface area contributed by atoms with Crippen molar-refractivity contribution in [2.75, 3.05) is 33.2 Å². The van der Waals surface area contributed by atoms with Crippen LogP contribution in [-0.4, -0.2) is 61.2 Å². The first kappa shape index (κ1) is 11.9. The van der Waals surface area contributed by atoms with Gasteiger partial charge in [-0.15, -0.1) is 0 Å². The molecule has 0 aromatic rings. The lowest BCUT2D eigenvalue weighted by Crippen LogP contribution is -2.47. The van der Waals surface area contributed by atoms with Crippen molar-refractivity contribution in [1.82, 2.24) is 15.1 Å². The second-order valence-corrected chi connectivity index (χ2v) is 6.42. The van der Waals surface area contributed by atoms with Gasteiger partial charge in [0.2, 0.25) is 0 Å². The number of fused-ring (bicyclic) bond motifs is 1. The Morgan fingerprint density at radius 1 is 1.18 bits per heavy atom. The van der Waals surface area contributed by atoms with Gasteiger partial charge in [-0.2, -0.15) is 0 Å². The Labute approximate surface area is 106 Å². The largest absolute Gasteiger partial charge is 0.312 e. The van der Waals surface area contributed by atoms with Gasteiger partial charge >= 0.3 is 0 Å². The van der Waals surface area contributed by atoms with Gasteiger partial charge in [-0.05, 0) is 58.7 Å². The van der Waals surface area contributed by atoms with Crippen molar-refractivity contribution in [3.05, 3.63) is 0 Å². The molecule has 0 saturated carbocycles. The average Bonchev–Trinajstić information content (AvgIpc) is 2.76. The summed E-state index contributed by atoms with van der Waals surface area (Å²) in [5.74, 6) is 0.943. The van der Waals surface area contributed by atoms with Gasteiger partial charge in [0.25, 0.3) is 0 Å². The molecule has 0 aliphatic carbocycles. The average molecular weight is 237 g/mol. The topological polar surface area (TPSA) is 18.5 Å². The maximum Gasteiger partial charge on any atom is 0.0235 e. The van der Waals surface area contributed by atoms with Gasteiger partial charge in [-0.25, -0.2) is 0 Å². The van der Waals surface area contributed by atoms with E-state index in [1.54, 1.807) is 0 Å². The first-order valence-electron chi connectivity index (χ1n) is 7.41. The first-order valence-corrected chi connectivity index (χ1v) is 7.41. The van der Waals surface area contributed by atoms with Gasteiger partial charge in [-0.1, -0.05) is 0 Å². The molecular formula is C14H27N3. The van der Waals surface area contributed by atoms with Crippen LogP contribution in [0.2, 0.25) is 0 Å². The molecule has 3 heteroatoms. The summed E-state index contributed by atoms with van der Waals surface area (Å²) < 4.78 is 0. The van der Waals surface area contributed by atoms with Crippen LogP contribution >= 0.6 is 0 Å². The summed E-state index contributed by atoms with van der Waals surface area (Å²) in [6.45, 7) is 7.59. The van der Waals surface area contributed by atoms with Crippen LogP contribution in [0.4, 0.5) is 0 Å². The fourth-order valence-corrected chi connectivity index (χ4v) is 3.97. The van der Waals surface area contributed by atoms with Crippen molar-refractivity contribution in [1.29, 1.82) is 0 Å². The molecule has 17 heavy (non-hydrogen) atoms. The van der Waals surface area contributed by atoms with Crippen molar-refractivity contribution in [2.45, 2.75) is 50.7 Å². The third-order valence-electron chi connectivity index (χ3n) is 5.32. The predicted molar refractivity (Wildman–Crippen MR) is 71.2 cm³/mol. The summed E-state index contributed by atoms with van der Waals surface area (Å²) >= 11 is 0. The quantitative estimate of drug-likeness (QED) is 0.738. The van der Waals surface area contributed by atoms with Crippen LogP contribution in [0.1, 0.15) is 32.6 Å². The van der Waals surface area contributed by atoms with E-state index in [1.807, 2.05) is 0 Å². The highest BCUT2D eigenvalue weighted by atomic mass is 15.2. The molecule has 0 spiro atoms. The van der Waals surface area contributed by atoms with E-state index in [4.69, 9.17) is 0 Å². The summed E-state index contributed by atoms with van der Waals surface area (Å²) in [4.78, 5) is 5.30.